The summed E-state index contributed by atoms with van der Waals surface area (Å²) in [5.41, 5.74) is 7.31. The minimum absolute atomic E-state index is 0.0193. The molecule has 110 valence electrons. The molecule has 0 aliphatic carbocycles. The van der Waals surface area contributed by atoms with Crippen LogP contribution >= 0.6 is 0 Å². The van der Waals surface area contributed by atoms with Crippen LogP contribution in [0, 0.1) is 0 Å². The molecule has 0 aromatic heterocycles. The van der Waals surface area contributed by atoms with E-state index in [1.165, 1.54) is 10.8 Å². The lowest BCUT2D eigenvalue weighted by Crippen LogP contribution is -2.40. The lowest BCUT2D eigenvalue weighted by atomic mass is 10.1. The quantitative estimate of drug-likeness (QED) is 0.571. The predicted octanol–water partition coefficient (Wildman–Crippen LogP) is 2.60. The minimum atomic E-state index is -1.36. The molecule has 0 saturated carbocycles. The maximum atomic E-state index is 8.72. The van der Waals surface area contributed by atoms with Gasteiger partial charge in [0.2, 0.25) is 0 Å². The number of rotatable bonds is 8. The Balaban J connectivity index is 2.65. The summed E-state index contributed by atoms with van der Waals surface area (Å²) in [6, 6.07) is 9.99. The summed E-state index contributed by atoms with van der Waals surface area (Å²) < 4.78 is 0. The number of allylic oxidation sites excluding steroid dienone is 1. The van der Waals surface area contributed by atoms with Gasteiger partial charge in [0, 0.05) is 12.6 Å². The van der Waals surface area contributed by atoms with Gasteiger partial charge in [-0.25, -0.2) is 0 Å². The first-order chi connectivity index (χ1) is 9.49. The number of hydrogen-bond donors (Lipinski definition) is 2. The van der Waals surface area contributed by atoms with Crippen LogP contribution in [-0.2, 0) is 6.42 Å². The second kappa shape index (κ2) is 8.20. The average molecular weight is 289 g/mol. The Hall–Kier alpha value is -1.16. The summed E-state index contributed by atoms with van der Waals surface area (Å²) in [5.74, 6) is 0. The van der Waals surface area contributed by atoms with Crippen molar-refractivity contribution in [1.29, 1.82) is 0 Å². The number of hydrogen-bond acceptors (Lipinski definition) is 2. The van der Waals surface area contributed by atoms with Crippen molar-refractivity contribution in [1.82, 2.24) is 0 Å². The smallest absolute Gasteiger partial charge is 0.0843 e. The third-order valence-corrected chi connectivity index (χ3v) is 6.75. The van der Waals surface area contributed by atoms with E-state index in [1.54, 1.807) is 0 Å². The number of nitrogens with two attached hydrogens (primary N) is 1. The molecule has 0 spiro atoms. The Morgan fingerprint density at radius 2 is 1.95 bits per heavy atom. The molecule has 3 heteroatoms. The second-order valence-corrected chi connectivity index (χ2v) is 10.6. The molecule has 1 unspecified atom stereocenters. The zero-order valence-electron chi connectivity index (χ0n) is 12.7. The van der Waals surface area contributed by atoms with E-state index in [0.717, 1.165) is 12.5 Å². The normalized spacial score (nSPS) is 13.6. The molecule has 0 radical (unpaired) electrons. The molecule has 0 bridgehead atoms. The SMILES string of the molecule is C=CC[Si](C)(C)c1ccc(CC(N)/C=C/CCO)cc1. The first kappa shape index (κ1) is 16.9. The lowest BCUT2D eigenvalue weighted by Gasteiger charge is -2.21. The van der Waals surface area contributed by atoms with E-state index >= 15 is 0 Å². The molecule has 20 heavy (non-hydrogen) atoms. The molecule has 0 saturated heterocycles. The van der Waals surface area contributed by atoms with Gasteiger partial charge in [0.1, 0.15) is 0 Å². The van der Waals surface area contributed by atoms with Gasteiger partial charge in [-0.1, -0.05) is 60.8 Å². The van der Waals surface area contributed by atoms with Crippen molar-refractivity contribution >= 4 is 13.3 Å². The summed E-state index contributed by atoms with van der Waals surface area (Å²) in [4.78, 5) is 0. The molecule has 1 aromatic rings. The number of benzene rings is 1. The zero-order chi connectivity index (χ0) is 15.0. The van der Waals surface area contributed by atoms with Crippen LogP contribution in [0.5, 0.6) is 0 Å². The van der Waals surface area contributed by atoms with E-state index in [0.29, 0.717) is 6.42 Å². The molecule has 0 heterocycles. The lowest BCUT2D eigenvalue weighted by molar-refractivity contribution is 0.302. The Bertz CT molecular complexity index is 437. The second-order valence-electron chi connectivity index (χ2n) is 5.88. The first-order valence-electron chi connectivity index (χ1n) is 7.23. The van der Waals surface area contributed by atoms with Crippen LogP contribution in [0.4, 0.5) is 0 Å². The van der Waals surface area contributed by atoms with Crippen molar-refractivity contribution in [2.45, 2.75) is 38.0 Å². The minimum Gasteiger partial charge on any atom is -0.396 e. The Kier molecular flexibility index (Phi) is 6.92. The maximum Gasteiger partial charge on any atom is 0.0843 e. The molecular weight excluding hydrogens is 262 g/mol. The zero-order valence-corrected chi connectivity index (χ0v) is 13.7. The standard InChI is InChI=1S/C17H27NOSi/c1-4-13-20(2,3)17-10-8-15(9-11-17)14-16(18)7-5-6-12-19/h4-5,7-11,16,19H,1,6,12-14,18H2,2-3H3/b7-5+. The average Bonchev–Trinajstić information content (AvgIpc) is 2.39. The highest BCUT2D eigenvalue weighted by Crippen LogP contribution is 2.11. The van der Waals surface area contributed by atoms with E-state index < -0.39 is 8.07 Å². The number of aliphatic hydroxyl groups excluding tert-OH is 1. The highest BCUT2D eigenvalue weighted by Gasteiger charge is 2.21. The van der Waals surface area contributed by atoms with Crippen molar-refractivity contribution < 1.29 is 5.11 Å². The Morgan fingerprint density at radius 1 is 1.30 bits per heavy atom. The summed E-state index contributed by atoms with van der Waals surface area (Å²) >= 11 is 0. The van der Waals surface area contributed by atoms with Crippen LogP contribution in [-0.4, -0.2) is 25.8 Å². The molecule has 1 rings (SSSR count). The highest BCUT2D eigenvalue weighted by atomic mass is 28.3. The van der Waals surface area contributed by atoms with Crippen LogP contribution in [0.2, 0.25) is 19.1 Å². The van der Waals surface area contributed by atoms with Crippen molar-refractivity contribution in [3.63, 3.8) is 0 Å². The van der Waals surface area contributed by atoms with Crippen molar-refractivity contribution in [3.05, 3.63) is 54.6 Å². The molecule has 0 aliphatic rings. The van der Waals surface area contributed by atoms with Crippen molar-refractivity contribution in [2.24, 2.45) is 5.73 Å². The largest absolute Gasteiger partial charge is 0.396 e. The van der Waals surface area contributed by atoms with Crippen molar-refractivity contribution in [2.75, 3.05) is 6.61 Å². The van der Waals surface area contributed by atoms with Gasteiger partial charge >= 0.3 is 0 Å². The topological polar surface area (TPSA) is 46.2 Å². The van der Waals surface area contributed by atoms with Crippen LogP contribution in [0.1, 0.15) is 12.0 Å². The maximum absolute atomic E-state index is 8.72. The van der Waals surface area contributed by atoms with Crippen molar-refractivity contribution in [3.8, 4) is 0 Å². The molecule has 0 fully saturated rings. The summed E-state index contributed by atoms with van der Waals surface area (Å²) in [6.45, 7) is 8.77. The molecular formula is C17H27NOSi. The summed E-state index contributed by atoms with van der Waals surface area (Å²) in [7, 11) is -1.36. The van der Waals surface area contributed by atoms with Gasteiger partial charge in [-0.2, -0.15) is 0 Å². The third-order valence-electron chi connectivity index (χ3n) is 3.54. The van der Waals surface area contributed by atoms with Gasteiger partial charge < -0.3 is 10.8 Å². The van der Waals surface area contributed by atoms with E-state index in [9.17, 15) is 0 Å². The van der Waals surface area contributed by atoms with E-state index in [4.69, 9.17) is 10.8 Å². The molecule has 1 atom stereocenters. The first-order valence-corrected chi connectivity index (χ1v) is 10.4. The van der Waals surface area contributed by atoms with Gasteiger partial charge in [0.25, 0.3) is 0 Å². The van der Waals surface area contributed by atoms with Crippen LogP contribution in [0.15, 0.2) is 49.1 Å². The van der Waals surface area contributed by atoms with Crippen LogP contribution < -0.4 is 10.9 Å². The van der Waals surface area contributed by atoms with Gasteiger partial charge in [0.05, 0.1) is 8.07 Å². The van der Waals surface area contributed by atoms with Gasteiger partial charge in [0.15, 0.2) is 0 Å². The molecule has 1 aromatic carbocycles. The van der Waals surface area contributed by atoms with E-state index in [2.05, 4.69) is 43.9 Å². The fourth-order valence-electron chi connectivity index (χ4n) is 2.26. The highest BCUT2D eigenvalue weighted by molar-refractivity contribution is 6.90. The van der Waals surface area contributed by atoms with Gasteiger partial charge in [-0.05, 0) is 24.4 Å². The monoisotopic (exact) mass is 289 g/mol. The number of aliphatic hydroxyl groups is 1. The third kappa shape index (κ3) is 5.45. The molecule has 2 nitrogen and oxygen atoms in total. The Morgan fingerprint density at radius 3 is 2.50 bits per heavy atom. The summed E-state index contributed by atoms with van der Waals surface area (Å²) in [5, 5.41) is 10.2. The fraction of sp³-hybridized carbons (Fsp3) is 0.412. The summed E-state index contributed by atoms with van der Waals surface area (Å²) in [6.07, 6.45) is 7.46. The molecule has 3 N–H and O–H groups in total. The van der Waals surface area contributed by atoms with Crippen LogP contribution in [0.3, 0.4) is 0 Å². The Labute approximate surface area is 124 Å². The van der Waals surface area contributed by atoms with E-state index in [-0.39, 0.29) is 12.6 Å². The fourth-order valence-corrected chi connectivity index (χ4v) is 4.28. The molecule has 0 amide bonds. The predicted molar refractivity (Wildman–Crippen MR) is 91.1 cm³/mol. The molecule has 0 aliphatic heterocycles. The van der Waals surface area contributed by atoms with Gasteiger partial charge in [-0.3, -0.25) is 0 Å². The van der Waals surface area contributed by atoms with Crippen LogP contribution in [0.25, 0.3) is 0 Å². The van der Waals surface area contributed by atoms with Gasteiger partial charge in [-0.15, -0.1) is 6.58 Å². The van der Waals surface area contributed by atoms with E-state index in [1.807, 2.05) is 18.2 Å².